The average molecular weight is 433 g/mol. The molecule has 0 saturated heterocycles. The van der Waals surface area contributed by atoms with E-state index in [1.54, 1.807) is 0 Å². The Morgan fingerprint density at radius 2 is 0.559 bits per heavy atom. The molecule has 8 rings (SSSR count). The van der Waals surface area contributed by atoms with E-state index in [0.29, 0.717) is 0 Å². The number of fused-ring (bicyclic) bond motifs is 11. The van der Waals surface area contributed by atoms with Crippen LogP contribution in [0.3, 0.4) is 0 Å². The molecule has 0 bridgehead atoms. The van der Waals surface area contributed by atoms with Crippen molar-refractivity contribution in [1.82, 2.24) is 0 Å². The van der Waals surface area contributed by atoms with Crippen LogP contribution in [0.1, 0.15) is 22.3 Å². The third-order valence-corrected chi connectivity index (χ3v) is 8.60. The van der Waals surface area contributed by atoms with E-state index in [1.807, 2.05) is 0 Å². The molecule has 0 spiro atoms. The summed E-state index contributed by atoms with van der Waals surface area (Å²) in [6.07, 6.45) is 0. The molecule has 0 saturated carbocycles. The van der Waals surface area contributed by atoms with Crippen molar-refractivity contribution in [2.24, 2.45) is 0 Å². The second kappa shape index (κ2) is 5.96. The van der Waals surface area contributed by atoms with Gasteiger partial charge in [-0.15, -0.1) is 0 Å². The summed E-state index contributed by atoms with van der Waals surface area (Å²) in [6.45, 7) is 9.38. The number of hydrogen-bond donors (Lipinski definition) is 0. The second-order valence-corrected chi connectivity index (χ2v) is 10.2. The summed E-state index contributed by atoms with van der Waals surface area (Å²) in [5, 5.41) is 19.8. The summed E-state index contributed by atoms with van der Waals surface area (Å²) in [6, 6.07) is 27.1. The molecule has 0 aliphatic rings. The van der Waals surface area contributed by atoms with Gasteiger partial charge in [-0.05, 0) is 150 Å². The number of rotatable bonds is 0. The van der Waals surface area contributed by atoms with Crippen LogP contribution < -0.4 is 0 Å². The third-order valence-electron chi connectivity index (χ3n) is 8.60. The van der Waals surface area contributed by atoms with Crippen LogP contribution >= 0.6 is 0 Å². The largest absolute Gasteiger partial charge is 0.0616 e. The van der Waals surface area contributed by atoms with Gasteiger partial charge in [0.2, 0.25) is 0 Å². The molecule has 0 heterocycles. The van der Waals surface area contributed by atoms with Crippen molar-refractivity contribution in [2.45, 2.75) is 27.7 Å². The summed E-state index contributed by atoms with van der Waals surface area (Å²) in [7, 11) is 0. The van der Waals surface area contributed by atoms with Crippen molar-refractivity contribution >= 4 is 75.4 Å². The van der Waals surface area contributed by atoms with Gasteiger partial charge < -0.3 is 0 Å². The van der Waals surface area contributed by atoms with E-state index >= 15 is 0 Å². The molecule has 0 nitrogen and oxygen atoms in total. The molecular weight excluding hydrogens is 408 g/mol. The van der Waals surface area contributed by atoms with Gasteiger partial charge in [-0.3, -0.25) is 0 Å². The molecule has 160 valence electrons. The fraction of sp³-hybridized carbons (Fsp3) is 0.118. The van der Waals surface area contributed by atoms with E-state index in [9.17, 15) is 0 Å². The molecule has 0 aliphatic carbocycles. The van der Waals surface area contributed by atoms with Crippen LogP contribution in [-0.2, 0) is 0 Å². The van der Waals surface area contributed by atoms with Crippen LogP contribution in [0.4, 0.5) is 0 Å². The maximum atomic E-state index is 2.40. The van der Waals surface area contributed by atoms with Gasteiger partial charge in [0.1, 0.15) is 0 Å². The lowest BCUT2D eigenvalue weighted by atomic mass is 9.77. The van der Waals surface area contributed by atoms with Crippen molar-refractivity contribution in [3.05, 3.63) is 95.1 Å². The van der Waals surface area contributed by atoms with E-state index in [-0.39, 0.29) is 0 Å². The maximum absolute atomic E-state index is 2.40. The number of aryl methyl sites for hydroxylation is 4. The summed E-state index contributed by atoms with van der Waals surface area (Å²) in [5.74, 6) is 0. The van der Waals surface area contributed by atoms with E-state index in [0.717, 1.165) is 0 Å². The van der Waals surface area contributed by atoms with Crippen LogP contribution in [0.15, 0.2) is 72.8 Å². The van der Waals surface area contributed by atoms with E-state index < -0.39 is 0 Å². The van der Waals surface area contributed by atoms with Crippen molar-refractivity contribution in [2.75, 3.05) is 0 Å². The lowest BCUT2D eigenvalue weighted by Crippen LogP contribution is -2.01. The Balaban J connectivity index is 1.59. The summed E-state index contributed by atoms with van der Waals surface area (Å²) in [4.78, 5) is 0. The molecule has 0 aliphatic heterocycles. The Morgan fingerprint density at radius 1 is 0.324 bits per heavy atom. The third kappa shape index (κ3) is 1.98. The van der Waals surface area contributed by atoms with Crippen molar-refractivity contribution < 1.29 is 0 Å². The van der Waals surface area contributed by atoms with Crippen LogP contribution in [0, 0.1) is 27.7 Å². The van der Waals surface area contributed by atoms with Gasteiger partial charge in [0.25, 0.3) is 0 Å². The molecule has 0 unspecified atom stereocenters. The Bertz CT molecular complexity index is 1840. The van der Waals surface area contributed by atoms with Crippen LogP contribution in [0.25, 0.3) is 75.4 Å². The first-order valence-electron chi connectivity index (χ1n) is 12.2. The molecule has 0 radical (unpaired) electrons. The quantitative estimate of drug-likeness (QED) is 0.224. The van der Waals surface area contributed by atoms with Gasteiger partial charge in [0, 0.05) is 0 Å². The zero-order chi connectivity index (χ0) is 22.9. The minimum absolute atomic E-state index is 1.33. The first kappa shape index (κ1) is 18.5. The van der Waals surface area contributed by atoms with Gasteiger partial charge in [-0.2, -0.15) is 0 Å². The SMILES string of the molecule is Cc1c2c(C)c3c4cc5ccccc5cc4c3c(C)c2c(C)c2c3cc4ccccc4cc3c12. The highest BCUT2D eigenvalue weighted by molar-refractivity contribution is 6.37. The molecule has 0 fully saturated rings. The first-order valence-corrected chi connectivity index (χ1v) is 12.2. The van der Waals surface area contributed by atoms with Crippen LogP contribution in [-0.4, -0.2) is 0 Å². The molecule has 8 aromatic carbocycles. The fourth-order valence-electron chi connectivity index (χ4n) is 7.09. The molecule has 34 heavy (non-hydrogen) atoms. The molecule has 0 atom stereocenters. The zero-order valence-corrected chi connectivity index (χ0v) is 19.9. The predicted molar refractivity (Wildman–Crippen MR) is 150 cm³/mol. The number of benzene rings is 6. The highest BCUT2D eigenvalue weighted by atomic mass is 14.3. The Kier molecular flexibility index (Phi) is 3.25. The molecule has 0 aromatic heterocycles. The highest BCUT2D eigenvalue weighted by Gasteiger charge is 2.25. The molecule has 8 aromatic rings. The van der Waals surface area contributed by atoms with Gasteiger partial charge in [-0.1, -0.05) is 48.5 Å². The number of hydrogen-bond acceptors (Lipinski definition) is 0. The van der Waals surface area contributed by atoms with E-state index in [4.69, 9.17) is 0 Å². The minimum Gasteiger partial charge on any atom is -0.0616 e. The van der Waals surface area contributed by atoms with Crippen LogP contribution in [0.5, 0.6) is 0 Å². The van der Waals surface area contributed by atoms with Crippen molar-refractivity contribution in [3.63, 3.8) is 0 Å². The average Bonchev–Trinajstić information content (AvgIpc) is 2.82. The van der Waals surface area contributed by atoms with Gasteiger partial charge >= 0.3 is 0 Å². The highest BCUT2D eigenvalue weighted by Crippen LogP contribution is 2.51. The normalized spacial score (nSPS) is 12.7. The minimum atomic E-state index is 1.33. The summed E-state index contributed by atoms with van der Waals surface area (Å²) < 4.78 is 0. The lowest BCUT2D eigenvalue weighted by molar-refractivity contribution is 1.46. The maximum Gasteiger partial charge on any atom is -0.00603 e. The Morgan fingerprint density at radius 3 is 0.794 bits per heavy atom. The lowest BCUT2D eigenvalue weighted by Gasteiger charge is -2.26. The Labute approximate surface area is 198 Å². The van der Waals surface area contributed by atoms with Crippen molar-refractivity contribution in [3.8, 4) is 0 Å². The predicted octanol–water partition coefficient (Wildman–Crippen LogP) is 9.87. The monoisotopic (exact) mass is 432 g/mol. The fourth-order valence-corrected chi connectivity index (χ4v) is 7.09. The Hall–Kier alpha value is -3.90. The van der Waals surface area contributed by atoms with Gasteiger partial charge in [0.05, 0.1) is 0 Å². The first-order chi connectivity index (χ1) is 16.5. The molecule has 0 heteroatoms. The van der Waals surface area contributed by atoms with E-state index in [1.165, 1.54) is 97.7 Å². The zero-order valence-electron chi connectivity index (χ0n) is 19.9. The standard InChI is InChI=1S/C34H24/c1-17-29-18(2)33-27-15-23-11-7-8-12-24(23)16-28(27)34(33)20(4)30(29)19(3)32-26-14-22-10-6-5-9-21(22)13-25(26)31(17)32/h5-16H,1-4H3. The smallest absolute Gasteiger partial charge is 0.00603 e. The summed E-state index contributed by atoms with van der Waals surface area (Å²) >= 11 is 0. The van der Waals surface area contributed by atoms with Gasteiger partial charge in [0.15, 0.2) is 0 Å². The molecular formula is C34H24. The van der Waals surface area contributed by atoms with Crippen molar-refractivity contribution in [1.29, 1.82) is 0 Å². The molecule has 0 amide bonds. The topological polar surface area (TPSA) is 0 Å². The van der Waals surface area contributed by atoms with Crippen LogP contribution in [0.2, 0.25) is 0 Å². The van der Waals surface area contributed by atoms with Gasteiger partial charge in [-0.25, -0.2) is 0 Å². The second-order valence-electron chi connectivity index (χ2n) is 10.2. The van der Waals surface area contributed by atoms with E-state index in [2.05, 4.69) is 100 Å². The molecule has 0 N–H and O–H groups in total. The summed E-state index contributed by atoms with van der Waals surface area (Å²) in [5.41, 5.74) is 5.76.